The Hall–Kier alpha value is -1.22. The second-order valence-electron chi connectivity index (χ2n) is 4.92. The quantitative estimate of drug-likeness (QED) is 0.299. The van der Waals surface area contributed by atoms with Crippen molar-refractivity contribution in [2.75, 3.05) is 39.5 Å². The van der Waals surface area contributed by atoms with Gasteiger partial charge >= 0.3 is 0 Å². The molecule has 0 radical (unpaired) electrons. The Morgan fingerprint density at radius 1 is 0.727 bits per heavy atom. The van der Waals surface area contributed by atoms with Gasteiger partial charge in [-0.1, -0.05) is 0 Å². The van der Waals surface area contributed by atoms with Crippen LogP contribution in [0.2, 0.25) is 0 Å². The topological polar surface area (TPSA) is 99.5 Å². The minimum Gasteiger partial charge on any atom is -0.381 e. The molecule has 0 aliphatic carbocycles. The third-order valence-corrected chi connectivity index (χ3v) is 2.87. The fourth-order valence-corrected chi connectivity index (χ4v) is 1.56. The van der Waals surface area contributed by atoms with E-state index >= 15 is 0 Å². The molecular weight excluding hydrogens is 292 g/mol. The number of carbonyl (C=O) groups is 2. The highest BCUT2D eigenvalue weighted by Gasteiger charge is 2.03. The molecule has 0 saturated heterocycles. The largest absolute Gasteiger partial charge is 0.381 e. The minimum atomic E-state index is -0.371. The summed E-state index contributed by atoms with van der Waals surface area (Å²) in [5, 5.41) is 19.6. The van der Waals surface area contributed by atoms with Gasteiger partial charge in [0.25, 0.3) is 0 Å². The number of hydrogen-bond donors (Lipinski definition) is 2. The molecule has 22 heavy (non-hydrogen) atoms. The molecule has 2 amide bonds. The van der Waals surface area contributed by atoms with Crippen LogP contribution in [0.3, 0.4) is 0 Å². The van der Waals surface area contributed by atoms with E-state index in [1.165, 1.54) is 13.8 Å². The number of rotatable bonds is 13. The lowest BCUT2D eigenvalue weighted by molar-refractivity contribution is -0.163. The maximum atomic E-state index is 10.7. The van der Waals surface area contributed by atoms with E-state index < -0.39 is 0 Å². The Morgan fingerprint density at radius 2 is 1.05 bits per heavy atom. The molecule has 8 heteroatoms. The smallest absolute Gasteiger partial charge is 0.242 e. The first-order valence-electron chi connectivity index (χ1n) is 7.54. The van der Waals surface area contributed by atoms with Crippen LogP contribution in [0, 0.1) is 0 Å². The maximum absolute atomic E-state index is 10.7. The first-order chi connectivity index (χ1) is 10.4. The van der Waals surface area contributed by atoms with Crippen molar-refractivity contribution in [1.82, 2.24) is 10.1 Å². The Kier molecular flexibility index (Phi) is 12.7. The van der Waals surface area contributed by atoms with E-state index in [2.05, 4.69) is 0 Å². The molecule has 2 N–H and O–H groups in total. The van der Waals surface area contributed by atoms with Gasteiger partial charge < -0.3 is 9.47 Å². The number of carbonyl (C=O) groups excluding carboxylic acids is 2. The molecule has 0 aliphatic heterocycles. The highest BCUT2D eigenvalue weighted by Crippen LogP contribution is 1.95. The van der Waals surface area contributed by atoms with E-state index in [1.54, 1.807) is 0 Å². The van der Waals surface area contributed by atoms with Crippen LogP contribution in [-0.4, -0.2) is 71.9 Å². The van der Waals surface area contributed by atoms with Gasteiger partial charge in [-0.15, -0.1) is 0 Å². The van der Waals surface area contributed by atoms with Gasteiger partial charge in [0.1, 0.15) is 0 Å². The van der Waals surface area contributed by atoms with E-state index in [0.29, 0.717) is 49.4 Å². The maximum Gasteiger partial charge on any atom is 0.242 e. The second-order valence-corrected chi connectivity index (χ2v) is 4.92. The Labute approximate surface area is 131 Å². The van der Waals surface area contributed by atoms with Gasteiger partial charge in [0.05, 0.1) is 13.1 Å². The van der Waals surface area contributed by atoms with Crippen molar-refractivity contribution < 1.29 is 29.5 Å². The second kappa shape index (κ2) is 13.4. The third kappa shape index (κ3) is 12.5. The van der Waals surface area contributed by atoms with Crippen LogP contribution in [0.5, 0.6) is 0 Å². The Bertz CT molecular complexity index is 284. The predicted octanol–water partition coefficient (Wildman–Crippen LogP) is 1.06. The Morgan fingerprint density at radius 3 is 1.36 bits per heavy atom. The van der Waals surface area contributed by atoms with E-state index in [1.807, 2.05) is 0 Å². The molecule has 0 heterocycles. The van der Waals surface area contributed by atoms with Crippen molar-refractivity contribution in [1.29, 1.82) is 0 Å². The van der Waals surface area contributed by atoms with Crippen molar-refractivity contribution in [2.45, 2.75) is 39.5 Å². The van der Waals surface area contributed by atoms with Gasteiger partial charge in [-0.3, -0.25) is 20.0 Å². The summed E-state index contributed by atoms with van der Waals surface area (Å²) in [5.41, 5.74) is 0. The zero-order valence-electron chi connectivity index (χ0n) is 13.5. The van der Waals surface area contributed by atoms with Gasteiger partial charge in [-0.05, 0) is 25.7 Å². The lowest BCUT2D eigenvalue weighted by atomic mass is 10.3. The predicted molar refractivity (Wildman–Crippen MR) is 78.5 cm³/mol. The monoisotopic (exact) mass is 320 g/mol. The molecule has 0 rings (SSSR count). The molecule has 0 aliphatic rings. The summed E-state index contributed by atoms with van der Waals surface area (Å²) < 4.78 is 10.7. The highest BCUT2D eigenvalue weighted by molar-refractivity contribution is 5.72. The van der Waals surface area contributed by atoms with Gasteiger partial charge in [0.15, 0.2) is 0 Å². The van der Waals surface area contributed by atoms with E-state index in [0.717, 1.165) is 12.8 Å². The van der Waals surface area contributed by atoms with Crippen LogP contribution in [0.25, 0.3) is 0 Å². The molecule has 0 saturated carbocycles. The third-order valence-electron chi connectivity index (χ3n) is 2.87. The van der Waals surface area contributed by atoms with Gasteiger partial charge in [-0.2, -0.15) is 0 Å². The number of nitrogens with zero attached hydrogens (tertiary/aromatic N) is 2. The average Bonchev–Trinajstić information content (AvgIpc) is 2.47. The fraction of sp³-hybridized carbons (Fsp3) is 0.857. The van der Waals surface area contributed by atoms with Crippen LogP contribution in [0.1, 0.15) is 39.5 Å². The van der Waals surface area contributed by atoms with Crippen molar-refractivity contribution in [3.8, 4) is 0 Å². The summed E-state index contributed by atoms with van der Waals surface area (Å²) in [7, 11) is 0. The van der Waals surface area contributed by atoms with Gasteiger partial charge in [0, 0.05) is 40.3 Å². The van der Waals surface area contributed by atoms with Crippen molar-refractivity contribution >= 4 is 11.8 Å². The molecule has 8 nitrogen and oxygen atoms in total. The fourth-order valence-electron chi connectivity index (χ4n) is 1.56. The lowest BCUT2D eigenvalue weighted by Crippen LogP contribution is -2.26. The van der Waals surface area contributed by atoms with Crippen LogP contribution >= 0.6 is 0 Å². The SMILES string of the molecule is CC(=O)N(O)CCCOCCCCOCCCN(O)C(C)=O. The molecule has 0 atom stereocenters. The molecular formula is C14H28N2O6. The standard InChI is InChI=1S/C14H28N2O6/c1-13(17)15(19)7-5-11-21-9-3-4-10-22-12-6-8-16(20)14(2)18/h19-20H,3-12H2,1-2H3. The number of ether oxygens (including phenoxy) is 2. The van der Waals surface area contributed by atoms with Crippen LogP contribution in [0.15, 0.2) is 0 Å². The number of amides is 2. The summed E-state index contributed by atoms with van der Waals surface area (Å²) in [6, 6.07) is 0. The van der Waals surface area contributed by atoms with Crippen LogP contribution < -0.4 is 0 Å². The number of hydroxylamine groups is 4. The first kappa shape index (κ1) is 20.8. The van der Waals surface area contributed by atoms with Crippen LogP contribution in [0.4, 0.5) is 0 Å². The molecule has 130 valence electrons. The highest BCUT2D eigenvalue weighted by atomic mass is 16.5. The normalized spacial score (nSPS) is 10.5. The summed E-state index contributed by atoms with van der Waals surface area (Å²) in [5.74, 6) is -0.741. The molecule has 0 aromatic heterocycles. The van der Waals surface area contributed by atoms with Crippen molar-refractivity contribution in [3.63, 3.8) is 0 Å². The number of unbranched alkanes of at least 4 members (excludes halogenated alkanes) is 1. The summed E-state index contributed by atoms with van der Waals surface area (Å²) in [4.78, 5) is 21.4. The van der Waals surface area contributed by atoms with Gasteiger partial charge in [-0.25, -0.2) is 10.1 Å². The molecule has 0 aromatic carbocycles. The zero-order chi connectivity index (χ0) is 16.8. The molecule has 0 unspecified atom stereocenters. The van der Waals surface area contributed by atoms with Crippen LogP contribution in [-0.2, 0) is 19.1 Å². The molecule has 0 fully saturated rings. The molecule has 0 aromatic rings. The zero-order valence-corrected chi connectivity index (χ0v) is 13.5. The number of hydrogen-bond acceptors (Lipinski definition) is 6. The van der Waals surface area contributed by atoms with E-state index in [4.69, 9.17) is 19.9 Å². The molecule has 0 bridgehead atoms. The average molecular weight is 320 g/mol. The first-order valence-corrected chi connectivity index (χ1v) is 7.54. The summed E-state index contributed by atoms with van der Waals surface area (Å²) in [6.45, 7) is 5.40. The summed E-state index contributed by atoms with van der Waals surface area (Å²) in [6.07, 6.45) is 2.94. The van der Waals surface area contributed by atoms with E-state index in [9.17, 15) is 9.59 Å². The van der Waals surface area contributed by atoms with Crippen molar-refractivity contribution in [3.05, 3.63) is 0 Å². The summed E-state index contributed by atoms with van der Waals surface area (Å²) >= 11 is 0. The Balaban J connectivity index is 3.18. The van der Waals surface area contributed by atoms with Gasteiger partial charge in [0.2, 0.25) is 11.8 Å². The lowest BCUT2D eigenvalue weighted by Gasteiger charge is -2.12. The van der Waals surface area contributed by atoms with E-state index in [-0.39, 0.29) is 24.9 Å². The van der Waals surface area contributed by atoms with Crippen molar-refractivity contribution in [2.24, 2.45) is 0 Å². The molecule has 0 spiro atoms. The minimum absolute atomic E-state index is 0.278.